The van der Waals surface area contributed by atoms with Gasteiger partial charge in [0.15, 0.2) is 11.6 Å². The molecule has 1 saturated heterocycles. The molecule has 2 N–H and O–H groups in total. The molecule has 0 saturated carbocycles. The van der Waals surface area contributed by atoms with Crippen LogP contribution in [-0.2, 0) is 18.2 Å². The summed E-state index contributed by atoms with van der Waals surface area (Å²) in [6, 6.07) is 7.28. The maximum Gasteiger partial charge on any atom is 0.159 e. The van der Waals surface area contributed by atoms with E-state index in [1.165, 1.54) is 6.07 Å². The molecule has 32 heavy (non-hydrogen) atoms. The van der Waals surface area contributed by atoms with Crippen LogP contribution in [0.5, 0.6) is 0 Å². The quantitative estimate of drug-likeness (QED) is 0.643. The zero-order valence-corrected chi connectivity index (χ0v) is 18.7. The molecule has 0 aliphatic carbocycles. The van der Waals surface area contributed by atoms with Crippen LogP contribution in [0, 0.1) is 18.6 Å². The zero-order chi connectivity index (χ0) is 23.3. The average Bonchev–Trinajstić information content (AvgIpc) is 3.07. The number of hydrogen-bond donors (Lipinski definition) is 2. The molecule has 1 aliphatic heterocycles. The zero-order valence-electron chi connectivity index (χ0n) is 18.7. The predicted molar refractivity (Wildman–Crippen MR) is 118 cm³/mol. The highest BCUT2D eigenvalue weighted by Gasteiger charge is 2.35. The Morgan fingerprint density at radius 1 is 1.06 bits per heavy atom. The van der Waals surface area contributed by atoms with E-state index < -0.39 is 22.8 Å². The number of hydrogen-bond acceptors (Lipinski definition) is 5. The van der Waals surface area contributed by atoms with Crippen molar-refractivity contribution in [2.75, 3.05) is 18.0 Å². The van der Waals surface area contributed by atoms with E-state index in [4.69, 9.17) is 4.98 Å². The molecule has 3 aromatic rings. The van der Waals surface area contributed by atoms with Crippen LogP contribution in [0.3, 0.4) is 0 Å². The molecule has 1 fully saturated rings. The number of halogens is 2. The number of rotatable bonds is 4. The molecule has 1 aromatic carbocycles. The van der Waals surface area contributed by atoms with Crippen LogP contribution in [0.1, 0.15) is 43.5 Å². The lowest BCUT2D eigenvalue weighted by Gasteiger charge is -2.39. The third-order valence-electron chi connectivity index (χ3n) is 6.18. The van der Waals surface area contributed by atoms with Crippen molar-refractivity contribution in [1.29, 1.82) is 0 Å². The second-order valence-corrected chi connectivity index (χ2v) is 9.11. The molecule has 2 aromatic heterocycles. The van der Waals surface area contributed by atoms with Crippen LogP contribution in [0.4, 0.5) is 14.6 Å². The minimum Gasteiger partial charge on any atom is -0.386 e. The van der Waals surface area contributed by atoms with Gasteiger partial charge in [-0.15, -0.1) is 0 Å². The molecular formula is C24H28F2N4O2. The largest absolute Gasteiger partial charge is 0.386 e. The molecule has 0 amide bonds. The molecule has 6 nitrogen and oxygen atoms in total. The third kappa shape index (κ3) is 4.25. The van der Waals surface area contributed by atoms with Gasteiger partial charge in [0.25, 0.3) is 0 Å². The fraction of sp³-hybridized carbons (Fsp3) is 0.417. The second kappa shape index (κ2) is 7.94. The number of aromatic nitrogens is 3. The average molecular weight is 443 g/mol. The Bertz CT molecular complexity index is 1150. The van der Waals surface area contributed by atoms with E-state index in [0.29, 0.717) is 43.0 Å². The van der Waals surface area contributed by atoms with E-state index in [2.05, 4.69) is 5.10 Å². The van der Waals surface area contributed by atoms with Gasteiger partial charge in [0.05, 0.1) is 22.6 Å². The first kappa shape index (κ1) is 22.4. The Hall–Kier alpha value is -2.84. The topological polar surface area (TPSA) is 74.4 Å². The van der Waals surface area contributed by atoms with Gasteiger partial charge in [0.2, 0.25) is 0 Å². The van der Waals surface area contributed by atoms with E-state index in [-0.39, 0.29) is 0 Å². The van der Waals surface area contributed by atoms with E-state index in [1.54, 1.807) is 18.5 Å². The fourth-order valence-electron chi connectivity index (χ4n) is 4.20. The highest BCUT2D eigenvalue weighted by Crippen LogP contribution is 2.36. The number of nitrogens with zero attached hydrogens (tertiary/aromatic N) is 4. The number of benzene rings is 1. The lowest BCUT2D eigenvalue weighted by molar-refractivity contribution is 0.0112. The number of aliphatic hydroxyl groups is 2. The van der Waals surface area contributed by atoms with E-state index >= 15 is 0 Å². The molecule has 1 aliphatic rings. The number of anilines is 1. The number of piperidine rings is 1. The van der Waals surface area contributed by atoms with Crippen LogP contribution in [-0.4, -0.2) is 38.1 Å². The smallest absolute Gasteiger partial charge is 0.159 e. The molecule has 170 valence electrons. The Kier molecular flexibility index (Phi) is 5.55. The maximum absolute atomic E-state index is 13.7. The first-order valence-corrected chi connectivity index (χ1v) is 10.6. The van der Waals surface area contributed by atoms with Gasteiger partial charge in [0.1, 0.15) is 5.82 Å². The molecular weight excluding hydrogens is 414 g/mol. The van der Waals surface area contributed by atoms with Crippen LogP contribution in [0.25, 0.3) is 11.3 Å². The van der Waals surface area contributed by atoms with Crippen LogP contribution in [0.2, 0.25) is 0 Å². The van der Waals surface area contributed by atoms with Crippen molar-refractivity contribution in [1.82, 2.24) is 14.8 Å². The van der Waals surface area contributed by atoms with Gasteiger partial charge in [-0.1, -0.05) is 6.07 Å². The lowest BCUT2D eigenvalue weighted by Crippen LogP contribution is -2.43. The van der Waals surface area contributed by atoms with E-state index in [1.807, 2.05) is 37.2 Å². The first-order chi connectivity index (χ1) is 15.0. The normalized spacial score (nSPS) is 16.4. The molecule has 0 radical (unpaired) electrons. The molecule has 8 heteroatoms. The van der Waals surface area contributed by atoms with Gasteiger partial charge in [-0.3, -0.25) is 4.68 Å². The van der Waals surface area contributed by atoms with E-state index in [0.717, 1.165) is 29.0 Å². The van der Waals surface area contributed by atoms with Gasteiger partial charge in [-0.05, 0) is 69.0 Å². The Labute approximate surface area is 186 Å². The van der Waals surface area contributed by atoms with Crippen molar-refractivity contribution in [3.63, 3.8) is 0 Å². The number of pyridine rings is 1. The minimum atomic E-state index is -1.23. The molecule has 3 heterocycles. The highest BCUT2D eigenvalue weighted by molar-refractivity contribution is 5.65. The summed E-state index contributed by atoms with van der Waals surface area (Å²) in [5, 5.41) is 26.2. The molecule has 0 bridgehead atoms. The molecule has 0 spiro atoms. The van der Waals surface area contributed by atoms with Gasteiger partial charge in [-0.2, -0.15) is 5.10 Å². The summed E-state index contributed by atoms with van der Waals surface area (Å²) in [5.41, 5.74) is 1.24. The monoisotopic (exact) mass is 442 g/mol. The summed E-state index contributed by atoms with van der Waals surface area (Å²) in [6.07, 6.45) is 2.58. The highest BCUT2D eigenvalue weighted by atomic mass is 19.2. The van der Waals surface area contributed by atoms with Gasteiger partial charge >= 0.3 is 0 Å². The van der Waals surface area contributed by atoms with Crippen LogP contribution < -0.4 is 4.90 Å². The Morgan fingerprint density at radius 2 is 1.75 bits per heavy atom. The van der Waals surface area contributed by atoms with Gasteiger partial charge in [-0.25, -0.2) is 13.8 Å². The van der Waals surface area contributed by atoms with E-state index in [9.17, 15) is 19.0 Å². The Morgan fingerprint density at radius 3 is 2.31 bits per heavy atom. The fourth-order valence-corrected chi connectivity index (χ4v) is 4.20. The number of aryl methyl sites for hydroxylation is 2. The summed E-state index contributed by atoms with van der Waals surface area (Å²) < 4.78 is 28.7. The van der Waals surface area contributed by atoms with Gasteiger partial charge in [0, 0.05) is 31.9 Å². The molecule has 0 unspecified atom stereocenters. The van der Waals surface area contributed by atoms with Gasteiger partial charge < -0.3 is 15.1 Å². The van der Waals surface area contributed by atoms with Crippen LogP contribution in [0.15, 0.2) is 36.5 Å². The maximum atomic E-state index is 13.7. The summed E-state index contributed by atoms with van der Waals surface area (Å²) in [7, 11) is 1.85. The van der Waals surface area contributed by atoms with Crippen molar-refractivity contribution in [3.8, 4) is 11.3 Å². The SMILES string of the molecule is Cc1nn(C)cc1-c1cc(C(C)(C)O)cc(N2CCC(O)(c3ccc(F)c(F)c3)CC2)n1. The van der Waals surface area contributed by atoms with Crippen molar-refractivity contribution in [2.45, 2.75) is 44.8 Å². The third-order valence-corrected chi connectivity index (χ3v) is 6.18. The first-order valence-electron chi connectivity index (χ1n) is 10.6. The minimum absolute atomic E-state index is 0.341. The standard InChI is InChI=1S/C24H28F2N4O2/c1-15-18(14-29(4)28-15)21-12-17(23(2,3)31)13-22(27-21)30-9-7-24(32,8-10-30)16-5-6-19(25)20(26)11-16/h5-6,11-14,31-32H,7-10H2,1-4H3. The molecule has 4 rings (SSSR count). The molecule has 0 atom stereocenters. The predicted octanol–water partition coefficient (Wildman–Crippen LogP) is 3.78. The lowest BCUT2D eigenvalue weighted by atomic mass is 9.84. The Balaban J connectivity index is 1.64. The second-order valence-electron chi connectivity index (χ2n) is 9.11. The summed E-state index contributed by atoms with van der Waals surface area (Å²) in [4.78, 5) is 6.87. The summed E-state index contributed by atoms with van der Waals surface area (Å²) in [5.74, 6) is -1.20. The van der Waals surface area contributed by atoms with Crippen molar-refractivity contribution in [2.24, 2.45) is 7.05 Å². The van der Waals surface area contributed by atoms with Crippen molar-refractivity contribution < 1.29 is 19.0 Å². The summed E-state index contributed by atoms with van der Waals surface area (Å²) in [6.45, 7) is 6.32. The summed E-state index contributed by atoms with van der Waals surface area (Å²) >= 11 is 0. The van der Waals surface area contributed by atoms with Crippen LogP contribution >= 0.6 is 0 Å². The van der Waals surface area contributed by atoms with Crippen molar-refractivity contribution >= 4 is 5.82 Å². The van der Waals surface area contributed by atoms with Crippen molar-refractivity contribution in [3.05, 3.63) is 65.0 Å².